The first-order valence-electron chi connectivity index (χ1n) is 6.70. The number of nitrogens with one attached hydrogen (secondary N) is 1. The Balaban J connectivity index is 2.64. The third-order valence-corrected chi connectivity index (χ3v) is 4.86. The molecule has 6 heteroatoms. The molecule has 20 heavy (non-hydrogen) atoms. The van der Waals surface area contributed by atoms with E-state index >= 15 is 0 Å². The highest BCUT2D eigenvalue weighted by atomic mass is 35.5. The molecule has 0 aliphatic heterocycles. The molecule has 1 aromatic carbocycles. The van der Waals surface area contributed by atoms with E-state index in [1.807, 2.05) is 0 Å². The first-order valence-corrected chi connectivity index (χ1v) is 8.29. The van der Waals surface area contributed by atoms with Gasteiger partial charge in [0.1, 0.15) is 5.25 Å². The summed E-state index contributed by atoms with van der Waals surface area (Å²) in [5, 5.41) is 2.65. The number of rotatable bonds is 7. The fourth-order valence-electron chi connectivity index (χ4n) is 1.72. The first-order chi connectivity index (χ1) is 9.47. The van der Waals surface area contributed by atoms with Gasteiger partial charge < -0.3 is 11.1 Å². The topological polar surface area (TPSA) is 72.2 Å². The maximum Gasteiger partial charge on any atom is 0.235 e. The molecular formula is C14H21ClN2O2S. The number of hydrogen-bond donors (Lipinski definition) is 2. The van der Waals surface area contributed by atoms with Gasteiger partial charge in [0.05, 0.1) is 15.7 Å². The Labute approximate surface area is 127 Å². The zero-order valence-electron chi connectivity index (χ0n) is 11.8. The third-order valence-electron chi connectivity index (χ3n) is 2.96. The predicted octanol–water partition coefficient (Wildman–Crippen LogP) is 2.72. The molecule has 1 rings (SSSR count). The van der Waals surface area contributed by atoms with E-state index in [-0.39, 0.29) is 5.91 Å². The number of nitrogen functional groups attached to an aromatic ring is 1. The van der Waals surface area contributed by atoms with E-state index in [2.05, 4.69) is 12.2 Å². The molecule has 0 aromatic heterocycles. The fraction of sp³-hybridized carbons (Fsp3) is 0.500. The van der Waals surface area contributed by atoms with Crippen LogP contribution in [0, 0.1) is 0 Å². The van der Waals surface area contributed by atoms with Crippen LogP contribution in [0.5, 0.6) is 0 Å². The van der Waals surface area contributed by atoms with Crippen LogP contribution >= 0.6 is 11.6 Å². The van der Waals surface area contributed by atoms with Gasteiger partial charge in [-0.05, 0) is 31.5 Å². The van der Waals surface area contributed by atoms with Gasteiger partial charge in [0.15, 0.2) is 0 Å². The van der Waals surface area contributed by atoms with Crippen molar-refractivity contribution < 1.29 is 9.00 Å². The van der Waals surface area contributed by atoms with Crippen LogP contribution in [0.2, 0.25) is 5.02 Å². The van der Waals surface area contributed by atoms with Gasteiger partial charge in [-0.25, -0.2) is 0 Å². The van der Waals surface area contributed by atoms with Gasteiger partial charge >= 0.3 is 0 Å². The minimum Gasteiger partial charge on any atom is -0.398 e. The number of benzene rings is 1. The Kier molecular flexibility index (Phi) is 7.02. The lowest BCUT2D eigenvalue weighted by molar-refractivity contribution is -0.120. The molecule has 0 saturated heterocycles. The quantitative estimate of drug-likeness (QED) is 0.600. The molecule has 2 unspecified atom stereocenters. The van der Waals surface area contributed by atoms with Gasteiger partial charge in [-0.2, -0.15) is 0 Å². The molecule has 0 radical (unpaired) electrons. The maximum absolute atomic E-state index is 12.3. The lowest BCUT2D eigenvalue weighted by Crippen LogP contribution is -2.36. The summed E-state index contributed by atoms with van der Waals surface area (Å²) in [7, 11) is -1.48. The second-order valence-corrected chi connectivity index (χ2v) is 6.80. The molecule has 0 spiro atoms. The number of anilines is 1. The number of carbonyl (C=O) groups excluding carboxylic acids is 1. The highest BCUT2D eigenvalue weighted by Gasteiger charge is 2.22. The van der Waals surface area contributed by atoms with E-state index in [9.17, 15) is 9.00 Å². The van der Waals surface area contributed by atoms with E-state index in [4.69, 9.17) is 17.3 Å². The Morgan fingerprint density at radius 3 is 2.75 bits per heavy atom. The number of amides is 1. The Morgan fingerprint density at radius 2 is 2.15 bits per heavy atom. The van der Waals surface area contributed by atoms with Crippen LogP contribution in [0.15, 0.2) is 23.1 Å². The second-order valence-electron chi connectivity index (χ2n) is 4.62. The van der Waals surface area contributed by atoms with E-state index < -0.39 is 16.0 Å². The van der Waals surface area contributed by atoms with Crippen molar-refractivity contribution in [1.82, 2.24) is 5.32 Å². The number of hydrogen-bond acceptors (Lipinski definition) is 3. The Bertz CT molecular complexity index is 494. The summed E-state index contributed by atoms with van der Waals surface area (Å²) < 4.78 is 12.3. The summed E-state index contributed by atoms with van der Waals surface area (Å²) in [6.45, 7) is 4.35. The van der Waals surface area contributed by atoms with Crippen LogP contribution in [0.1, 0.15) is 33.1 Å². The molecule has 2 atom stereocenters. The Morgan fingerprint density at radius 1 is 1.45 bits per heavy atom. The molecule has 0 fully saturated rings. The highest BCUT2D eigenvalue weighted by Crippen LogP contribution is 2.23. The molecule has 3 N–H and O–H groups in total. The van der Waals surface area contributed by atoms with E-state index in [1.54, 1.807) is 25.1 Å². The summed E-state index contributed by atoms with van der Waals surface area (Å²) in [5.41, 5.74) is 6.14. The monoisotopic (exact) mass is 316 g/mol. The van der Waals surface area contributed by atoms with Crippen molar-refractivity contribution in [3.05, 3.63) is 23.2 Å². The van der Waals surface area contributed by atoms with Crippen LogP contribution in [0.4, 0.5) is 5.69 Å². The van der Waals surface area contributed by atoms with Crippen molar-refractivity contribution in [2.24, 2.45) is 0 Å². The number of nitrogens with two attached hydrogens (primary N) is 1. The smallest absolute Gasteiger partial charge is 0.235 e. The first kappa shape index (κ1) is 17.0. The van der Waals surface area contributed by atoms with Crippen molar-refractivity contribution in [1.29, 1.82) is 0 Å². The molecule has 4 nitrogen and oxygen atoms in total. The molecule has 1 aromatic rings. The van der Waals surface area contributed by atoms with Gasteiger partial charge in [-0.15, -0.1) is 0 Å². The van der Waals surface area contributed by atoms with E-state index in [0.29, 0.717) is 22.2 Å². The Hall–Kier alpha value is -1.07. The largest absolute Gasteiger partial charge is 0.398 e. The van der Waals surface area contributed by atoms with Crippen molar-refractivity contribution in [2.45, 2.75) is 43.3 Å². The molecule has 112 valence electrons. The molecule has 0 bridgehead atoms. The van der Waals surface area contributed by atoms with Gasteiger partial charge in [-0.1, -0.05) is 31.4 Å². The zero-order chi connectivity index (χ0) is 15.1. The summed E-state index contributed by atoms with van der Waals surface area (Å²) in [6, 6.07) is 4.77. The van der Waals surface area contributed by atoms with E-state index in [0.717, 1.165) is 19.3 Å². The van der Waals surface area contributed by atoms with Gasteiger partial charge in [0.25, 0.3) is 0 Å². The van der Waals surface area contributed by atoms with Gasteiger partial charge in [0.2, 0.25) is 5.91 Å². The maximum atomic E-state index is 12.3. The van der Waals surface area contributed by atoms with Crippen molar-refractivity contribution in [3.63, 3.8) is 0 Å². The average molecular weight is 317 g/mol. The van der Waals surface area contributed by atoms with Crippen molar-refractivity contribution in [3.8, 4) is 0 Å². The van der Waals surface area contributed by atoms with Crippen LogP contribution in [-0.2, 0) is 15.6 Å². The molecule has 0 heterocycles. The van der Waals surface area contributed by atoms with Crippen LogP contribution < -0.4 is 11.1 Å². The van der Waals surface area contributed by atoms with Gasteiger partial charge in [-0.3, -0.25) is 9.00 Å². The molecule has 0 saturated carbocycles. The number of carbonyl (C=O) groups is 1. The normalized spacial score (nSPS) is 13.8. The fourth-order valence-corrected chi connectivity index (χ4v) is 3.05. The summed E-state index contributed by atoms with van der Waals surface area (Å²) in [5.74, 6) is -0.214. The summed E-state index contributed by atoms with van der Waals surface area (Å²) >= 11 is 5.80. The van der Waals surface area contributed by atoms with Crippen molar-refractivity contribution in [2.75, 3.05) is 12.3 Å². The summed E-state index contributed by atoms with van der Waals surface area (Å²) in [4.78, 5) is 12.4. The molecule has 1 amide bonds. The van der Waals surface area contributed by atoms with Crippen molar-refractivity contribution >= 4 is 34.0 Å². The van der Waals surface area contributed by atoms with Crippen LogP contribution in [0.3, 0.4) is 0 Å². The standard InChI is InChI=1S/C14H21ClN2O2S/c1-3-4-5-8-17-14(18)10(2)20(19)13-7-6-11(15)9-12(13)16/h6-7,9-10H,3-5,8,16H2,1-2H3,(H,17,18). The SMILES string of the molecule is CCCCCNC(=O)C(C)S(=O)c1ccc(Cl)cc1N. The lowest BCUT2D eigenvalue weighted by Gasteiger charge is -2.13. The second kappa shape index (κ2) is 8.27. The van der Waals surface area contributed by atoms with E-state index in [1.165, 1.54) is 0 Å². The van der Waals surface area contributed by atoms with Crippen LogP contribution in [-0.4, -0.2) is 21.9 Å². The zero-order valence-corrected chi connectivity index (χ0v) is 13.4. The van der Waals surface area contributed by atoms with Gasteiger partial charge in [0, 0.05) is 17.3 Å². The van der Waals surface area contributed by atoms with Crippen LogP contribution in [0.25, 0.3) is 0 Å². The minimum atomic E-state index is -1.48. The number of unbranched alkanes of at least 4 members (excludes halogenated alkanes) is 2. The predicted molar refractivity (Wildman–Crippen MR) is 84.3 cm³/mol. The minimum absolute atomic E-state index is 0.214. The summed E-state index contributed by atoms with van der Waals surface area (Å²) in [6.07, 6.45) is 3.10. The lowest BCUT2D eigenvalue weighted by atomic mass is 10.2. The molecule has 0 aliphatic carbocycles. The third kappa shape index (κ3) is 4.80. The molecular weight excluding hydrogens is 296 g/mol. The number of halogens is 1. The average Bonchev–Trinajstić information content (AvgIpc) is 2.42. The highest BCUT2D eigenvalue weighted by molar-refractivity contribution is 7.86. The molecule has 0 aliphatic rings.